The van der Waals surface area contributed by atoms with Gasteiger partial charge in [-0.15, -0.1) is 0 Å². The Hall–Kier alpha value is -2.77. The SMILES string of the molecule is CCN(CC)S(=O)(=O)c1ccc(NC(=O)c2cc(C)nc3ccc(C)cc23)cc1. The molecule has 29 heavy (non-hydrogen) atoms. The zero-order valence-corrected chi connectivity index (χ0v) is 17.9. The summed E-state index contributed by atoms with van der Waals surface area (Å²) in [6.45, 7) is 8.24. The normalized spacial score (nSPS) is 11.8. The predicted molar refractivity (Wildman–Crippen MR) is 116 cm³/mol. The molecule has 0 aliphatic rings. The molecule has 0 bridgehead atoms. The number of fused-ring (bicyclic) bond motifs is 1. The van der Waals surface area contributed by atoms with Crippen LogP contribution >= 0.6 is 0 Å². The van der Waals surface area contributed by atoms with E-state index in [0.717, 1.165) is 22.2 Å². The third-order valence-corrected chi connectivity index (χ3v) is 6.86. The van der Waals surface area contributed by atoms with Crippen molar-refractivity contribution >= 4 is 32.5 Å². The number of amides is 1. The monoisotopic (exact) mass is 411 g/mol. The Morgan fingerprint density at radius 1 is 1.00 bits per heavy atom. The van der Waals surface area contributed by atoms with Gasteiger partial charge in [-0.1, -0.05) is 25.5 Å². The number of nitrogens with zero attached hydrogens (tertiary/aromatic N) is 2. The molecule has 1 aromatic heterocycles. The van der Waals surface area contributed by atoms with Gasteiger partial charge >= 0.3 is 0 Å². The van der Waals surface area contributed by atoms with Crippen molar-refractivity contribution < 1.29 is 13.2 Å². The van der Waals surface area contributed by atoms with Gasteiger partial charge < -0.3 is 5.32 Å². The summed E-state index contributed by atoms with van der Waals surface area (Å²) in [7, 11) is -3.53. The number of rotatable bonds is 6. The van der Waals surface area contributed by atoms with Gasteiger partial charge in [0.15, 0.2) is 0 Å². The number of carbonyl (C=O) groups excluding carboxylic acids is 1. The molecule has 0 saturated carbocycles. The molecular formula is C22H25N3O3S. The predicted octanol–water partition coefficient (Wildman–Crippen LogP) is 4.13. The minimum absolute atomic E-state index is 0.208. The van der Waals surface area contributed by atoms with Crippen molar-refractivity contribution in [1.82, 2.24) is 9.29 Å². The maximum absolute atomic E-state index is 12.9. The number of carbonyl (C=O) groups is 1. The van der Waals surface area contributed by atoms with E-state index in [-0.39, 0.29) is 10.8 Å². The van der Waals surface area contributed by atoms with Gasteiger partial charge in [0.05, 0.1) is 16.0 Å². The molecule has 0 unspecified atom stereocenters. The molecule has 0 saturated heterocycles. The summed E-state index contributed by atoms with van der Waals surface area (Å²) in [4.78, 5) is 17.6. The highest BCUT2D eigenvalue weighted by atomic mass is 32.2. The van der Waals surface area contributed by atoms with Gasteiger partial charge in [0, 0.05) is 29.9 Å². The highest BCUT2D eigenvalue weighted by Crippen LogP contribution is 2.22. The lowest BCUT2D eigenvalue weighted by atomic mass is 10.0. The molecule has 0 atom stereocenters. The minimum Gasteiger partial charge on any atom is -0.322 e. The second-order valence-electron chi connectivity index (χ2n) is 6.90. The molecule has 2 aromatic carbocycles. The molecule has 1 heterocycles. The van der Waals surface area contributed by atoms with E-state index in [4.69, 9.17) is 0 Å². The molecule has 0 aliphatic heterocycles. The van der Waals surface area contributed by atoms with Crippen molar-refractivity contribution in [2.75, 3.05) is 18.4 Å². The van der Waals surface area contributed by atoms with E-state index >= 15 is 0 Å². The number of hydrogen-bond acceptors (Lipinski definition) is 4. The molecule has 7 heteroatoms. The van der Waals surface area contributed by atoms with Crippen LogP contribution in [0.15, 0.2) is 53.4 Å². The summed E-state index contributed by atoms with van der Waals surface area (Å²) >= 11 is 0. The van der Waals surface area contributed by atoms with E-state index in [1.165, 1.54) is 16.4 Å². The molecule has 6 nitrogen and oxygen atoms in total. The fraction of sp³-hybridized carbons (Fsp3) is 0.273. The van der Waals surface area contributed by atoms with Crippen LogP contribution < -0.4 is 5.32 Å². The standard InChI is InChI=1S/C22H25N3O3S/c1-5-25(6-2)29(27,28)18-10-8-17(9-11-18)24-22(26)20-14-16(4)23-21-12-7-15(3)13-19(20)21/h7-14H,5-6H2,1-4H3,(H,24,26). The van der Waals surface area contributed by atoms with Crippen LogP contribution in [0.25, 0.3) is 10.9 Å². The molecule has 0 radical (unpaired) electrons. The maximum Gasteiger partial charge on any atom is 0.256 e. The molecule has 0 spiro atoms. The number of benzene rings is 2. The number of aromatic nitrogens is 1. The second kappa shape index (κ2) is 8.31. The van der Waals surface area contributed by atoms with Crippen molar-refractivity contribution in [3.63, 3.8) is 0 Å². The molecule has 1 N–H and O–H groups in total. The second-order valence-corrected chi connectivity index (χ2v) is 8.84. The largest absolute Gasteiger partial charge is 0.322 e. The van der Waals surface area contributed by atoms with Gasteiger partial charge in [-0.2, -0.15) is 4.31 Å². The number of pyridine rings is 1. The van der Waals surface area contributed by atoms with Gasteiger partial charge in [0.25, 0.3) is 5.91 Å². The van der Waals surface area contributed by atoms with Crippen LogP contribution in [0.5, 0.6) is 0 Å². The number of sulfonamides is 1. The fourth-order valence-corrected chi connectivity index (χ4v) is 4.74. The average Bonchev–Trinajstić information content (AvgIpc) is 2.68. The quantitative estimate of drug-likeness (QED) is 0.661. The summed E-state index contributed by atoms with van der Waals surface area (Å²) in [6.07, 6.45) is 0. The first-order chi connectivity index (χ1) is 13.8. The molecule has 3 aromatic rings. The van der Waals surface area contributed by atoms with Crippen LogP contribution in [0, 0.1) is 13.8 Å². The van der Waals surface area contributed by atoms with Gasteiger partial charge in [0.1, 0.15) is 0 Å². The van der Waals surface area contributed by atoms with Crippen molar-refractivity contribution in [2.24, 2.45) is 0 Å². The third kappa shape index (κ3) is 4.31. The number of aryl methyl sites for hydroxylation is 2. The minimum atomic E-state index is -3.53. The van der Waals surface area contributed by atoms with Gasteiger partial charge in [-0.05, 0) is 56.3 Å². The lowest BCUT2D eigenvalue weighted by Gasteiger charge is -2.18. The summed E-state index contributed by atoms with van der Waals surface area (Å²) < 4.78 is 26.6. The van der Waals surface area contributed by atoms with E-state index in [9.17, 15) is 13.2 Å². The van der Waals surface area contributed by atoms with Gasteiger partial charge in [-0.25, -0.2) is 8.42 Å². The van der Waals surface area contributed by atoms with Crippen molar-refractivity contribution in [3.8, 4) is 0 Å². The van der Waals surface area contributed by atoms with Gasteiger partial charge in [-0.3, -0.25) is 9.78 Å². The number of nitrogens with one attached hydrogen (secondary N) is 1. The maximum atomic E-state index is 12.9. The summed E-state index contributed by atoms with van der Waals surface area (Å²) in [6, 6.07) is 13.8. The highest BCUT2D eigenvalue weighted by molar-refractivity contribution is 7.89. The molecule has 1 amide bonds. The first kappa shape index (κ1) is 21.0. The molecule has 152 valence electrons. The van der Waals surface area contributed by atoms with Crippen molar-refractivity contribution in [3.05, 3.63) is 65.4 Å². The first-order valence-electron chi connectivity index (χ1n) is 9.55. The molecule has 0 fully saturated rings. The summed E-state index contributed by atoms with van der Waals surface area (Å²) in [5.41, 5.74) is 3.64. The summed E-state index contributed by atoms with van der Waals surface area (Å²) in [5, 5.41) is 3.64. The first-order valence-corrected chi connectivity index (χ1v) is 11.0. The van der Waals surface area contributed by atoms with Crippen LogP contribution in [0.1, 0.15) is 35.5 Å². The van der Waals surface area contributed by atoms with Crippen LogP contribution in [0.4, 0.5) is 5.69 Å². The van der Waals surface area contributed by atoms with Gasteiger partial charge in [0.2, 0.25) is 10.0 Å². The topological polar surface area (TPSA) is 79.4 Å². The Labute approximate surface area is 171 Å². The Morgan fingerprint density at radius 3 is 2.28 bits per heavy atom. The summed E-state index contributed by atoms with van der Waals surface area (Å²) in [5.74, 6) is -0.259. The van der Waals surface area contributed by atoms with E-state index < -0.39 is 10.0 Å². The van der Waals surface area contributed by atoms with Crippen LogP contribution in [-0.4, -0.2) is 36.7 Å². The van der Waals surface area contributed by atoms with Crippen LogP contribution in [-0.2, 0) is 10.0 Å². The van der Waals surface area contributed by atoms with E-state index in [2.05, 4.69) is 10.3 Å². The van der Waals surface area contributed by atoms with E-state index in [1.54, 1.807) is 32.0 Å². The third-order valence-electron chi connectivity index (χ3n) is 4.79. The van der Waals surface area contributed by atoms with Crippen molar-refractivity contribution in [1.29, 1.82) is 0 Å². The molecular weight excluding hydrogens is 386 g/mol. The van der Waals surface area contributed by atoms with Crippen LogP contribution in [0.2, 0.25) is 0 Å². The lowest BCUT2D eigenvalue weighted by molar-refractivity contribution is 0.102. The Bertz CT molecular complexity index is 1150. The smallest absolute Gasteiger partial charge is 0.256 e. The Morgan fingerprint density at radius 2 is 1.66 bits per heavy atom. The zero-order valence-electron chi connectivity index (χ0n) is 17.1. The van der Waals surface area contributed by atoms with Crippen molar-refractivity contribution in [2.45, 2.75) is 32.6 Å². The molecule has 3 rings (SSSR count). The fourth-order valence-electron chi connectivity index (χ4n) is 3.28. The average molecular weight is 412 g/mol. The number of anilines is 1. The Balaban J connectivity index is 1.89. The Kier molecular flexibility index (Phi) is 6.00. The van der Waals surface area contributed by atoms with E-state index in [1.807, 2.05) is 32.0 Å². The molecule has 0 aliphatic carbocycles. The zero-order chi connectivity index (χ0) is 21.2. The highest BCUT2D eigenvalue weighted by Gasteiger charge is 2.21. The number of hydrogen-bond donors (Lipinski definition) is 1. The van der Waals surface area contributed by atoms with Crippen LogP contribution in [0.3, 0.4) is 0 Å². The van der Waals surface area contributed by atoms with E-state index in [0.29, 0.717) is 24.3 Å². The lowest BCUT2D eigenvalue weighted by Crippen LogP contribution is -2.30.